The molecule has 0 aliphatic rings. The van der Waals surface area contributed by atoms with Crippen LogP contribution in [0.4, 0.5) is 9.52 Å². The second kappa shape index (κ2) is 7.74. The lowest BCUT2D eigenvalue weighted by atomic mass is 10.2. The molecular formula is C17H12ClFN6OS2. The van der Waals surface area contributed by atoms with Crippen molar-refractivity contribution in [1.82, 2.24) is 19.9 Å². The summed E-state index contributed by atoms with van der Waals surface area (Å²) in [6.45, 7) is 0. The largest absolute Gasteiger partial charge is 0.335 e. The van der Waals surface area contributed by atoms with Crippen LogP contribution in [0.5, 0.6) is 0 Å². The minimum atomic E-state index is -0.346. The fourth-order valence-corrected chi connectivity index (χ4v) is 4.22. The summed E-state index contributed by atoms with van der Waals surface area (Å²) in [6, 6.07) is 11.4. The van der Waals surface area contributed by atoms with E-state index < -0.39 is 0 Å². The molecule has 2 heterocycles. The number of anilines is 1. The maximum absolute atomic E-state index is 13.3. The fraction of sp³-hybridized carbons (Fsp3) is 0.0588. The minimum absolute atomic E-state index is 0.0577. The van der Waals surface area contributed by atoms with Crippen molar-refractivity contribution in [1.29, 1.82) is 0 Å². The zero-order valence-electron chi connectivity index (χ0n) is 14.1. The van der Waals surface area contributed by atoms with Gasteiger partial charge in [0.05, 0.1) is 21.0 Å². The standard InChI is InChI=1S/C17H12ClFN6OS2/c18-11-4-2-1-3-10(11)15-23-24-17(25(15)20)27-8-14(26)22-16-21-12-6-5-9(19)7-13(12)28-16/h1-7H,8,20H2,(H,21,22,26). The number of halogens is 2. The third kappa shape index (κ3) is 3.79. The van der Waals surface area contributed by atoms with Crippen LogP contribution in [0, 0.1) is 5.82 Å². The Morgan fingerprint density at radius 2 is 2.11 bits per heavy atom. The summed E-state index contributed by atoms with van der Waals surface area (Å²) in [5, 5.41) is 12.0. The zero-order valence-corrected chi connectivity index (χ0v) is 16.5. The van der Waals surface area contributed by atoms with Crippen molar-refractivity contribution in [2.45, 2.75) is 5.16 Å². The summed E-state index contributed by atoms with van der Waals surface area (Å²) < 4.78 is 15.2. The van der Waals surface area contributed by atoms with Gasteiger partial charge in [0.15, 0.2) is 11.0 Å². The molecule has 0 saturated heterocycles. The highest BCUT2D eigenvalue weighted by Gasteiger charge is 2.16. The van der Waals surface area contributed by atoms with Crippen molar-refractivity contribution in [2.24, 2.45) is 0 Å². The zero-order chi connectivity index (χ0) is 19.7. The molecule has 11 heteroatoms. The van der Waals surface area contributed by atoms with E-state index in [1.54, 1.807) is 24.3 Å². The second-order valence-electron chi connectivity index (χ2n) is 5.62. The summed E-state index contributed by atoms with van der Waals surface area (Å²) in [5.74, 6) is 5.87. The molecule has 142 valence electrons. The number of hydrogen-bond donors (Lipinski definition) is 2. The van der Waals surface area contributed by atoms with E-state index >= 15 is 0 Å². The first-order valence-corrected chi connectivity index (χ1v) is 10.1. The molecule has 0 aliphatic heterocycles. The van der Waals surface area contributed by atoms with E-state index in [-0.39, 0.29) is 17.5 Å². The first-order chi connectivity index (χ1) is 13.5. The lowest BCUT2D eigenvalue weighted by molar-refractivity contribution is -0.113. The van der Waals surface area contributed by atoms with Crippen LogP contribution < -0.4 is 11.2 Å². The van der Waals surface area contributed by atoms with Crippen LogP contribution in [0.3, 0.4) is 0 Å². The SMILES string of the molecule is Nn1c(SCC(=O)Nc2nc3ccc(F)cc3s2)nnc1-c1ccccc1Cl. The molecule has 0 atom stereocenters. The molecule has 28 heavy (non-hydrogen) atoms. The molecule has 0 aliphatic carbocycles. The summed E-state index contributed by atoms with van der Waals surface area (Å²) in [7, 11) is 0. The van der Waals surface area contributed by atoms with Crippen molar-refractivity contribution in [3.63, 3.8) is 0 Å². The predicted molar refractivity (Wildman–Crippen MR) is 110 cm³/mol. The van der Waals surface area contributed by atoms with Gasteiger partial charge in [-0.05, 0) is 30.3 Å². The number of nitrogens with zero attached hydrogens (tertiary/aromatic N) is 4. The van der Waals surface area contributed by atoms with Crippen LogP contribution in [-0.4, -0.2) is 31.5 Å². The Morgan fingerprint density at radius 3 is 2.93 bits per heavy atom. The molecule has 4 aromatic rings. The number of nitrogen functional groups attached to an aromatic ring is 1. The Labute approximate surface area is 171 Å². The average molecular weight is 435 g/mol. The van der Waals surface area contributed by atoms with E-state index in [2.05, 4.69) is 20.5 Å². The number of amides is 1. The number of thioether (sulfide) groups is 1. The number of carbonyl (C=O) groups is 1. The number of nitrogens with one attached hydrogen (secondary N) is 1. The Hall–Kier alpha value is -2.69. The maximum Gasteiger partial charge on any atom is 0.236 e. The van der Waals surface area contributed by atoms with Crippen LogP contribution in [0.1, 0.15) is 0 Å². The van der Waals surface area contributed by atoms with E-state index in [0.717, 1.165) is 11.8 Å². The second-order valence-corrected chi connectivity index (χ2v) is 8.00. The number of nitrogens with two attached hydrogens (primary N) is 1. The number of thiazole rings is 1. The van der Waals surface area contributed by atoms with Crippen molar-refractivity contribution in [2.75, 3.05) is 16.9 Å². The van der Waals surface area contributed by atoms with E-state index in [4.69, 9.17) is 17.4 Å². The molecule has 0 spiro atoms. The van der Waals surface area contributed by atoms with Gasteiger partial charge in [-0.25, -0.2) is 14.1 Å². The van der Waals surface area contributed by atoms with Gasteiger partial charge in [-0.15, -0.1) is 10.2 Å². The lowest BCUT2D eigenvalue weighted by Gasteiger charge is -2.05. The Balaban J connectivity index is 1.43. The van der Waals surface area contributed by atoms with Crippen LogP contribution in [0.25, 0.3) is 21.6 Å². The van der Waals surface area contributed by atoms with Gasteiger partial charge in [0.1, 0.15) is 5.82 Å². The Kier molecular flexibility index (Phi) is 5.16. The molecule has 7 nitrogen and oxygen atoms in total. The van der Waals surface area contributed by atoms with E-state index in [1.807, 2.05) is 6.07 Å². The van der Waals surface area contributed by atoms with E-state index in [1.165, 1.54) is 28.1 Å². The number of fused-ring (bicyclic) bond motifs is 1. The first kappa shape index (κ1) is 18.7. The molecule has 3 N–H and O–H groups in total. The number of benzene rings is 2. The van der Waals surface area contributed by atoms with Gasteiger partial charge in [-0.2, -0.15) is 0 Å². The average Bonchev–Trinajstić information content (AvgIpc) is 3.23. The molecule has 0 fully saturated rings. The van der Waals surface area contributed by atoms with E-state index in [9.17, 15) is 9.18 Å². The van der Waals surface area contributed by atoms with Crippen LogP contribution in [0.15, 0.2) is 47.6 Å². The number of aromatic nitrogens is 4. The third-order valence-electron chi connectivity index (χ3n) is 3.71. The molecule has 2 aromatic heterocycles. The Morgan fingerprint density at radius 1 is 1.29 bits per heavy atom. The van der Waals surface area contributed by atoms with Gasteiger partial charge in [0.2, 0.25) is 11.1 Å². The molecule has 1 amide bonds. The van der Waals surface area contributed by atoms with Gasteiger partial charge in [-0.3, -0.25) is 4.79 Å². The molecule has 0 bridgehead atoms. The van der Waals surface area contributed by atoms with Crippen molar-refractivity contribution >= 4 is 56.0 Å². The smallest absolute Gasteiger partial charge is 0.236 e. The van der Waals surface area contributed by atoms with Crippen molar-refractivity contribution in [3.05, 3.63) is 53.3 Å². The summed E-state index contributed by atoms with van der Waals surface area (Å²) >= 11 is 8.50. The highest BCUT2D eigenvalue weighted by Crippen LogP contribution is 2.28. The number of hydrogen-bond acceptors (Lipinski definition) is 7. The van der Waals surface area contributed by atoms with Crippen LogP contribution >= 0.6 is 34.7 Å². The van der Waals surface area contributed by atoms with Gasteiger partial charge >= 0.3 is 0 Å². The number of carbonyl (C=O) groups excluding carboxylic acids is 1. The molecule has 0 unspecified atom stereocenters. The summed E-state index contributed by atoms with van der Waals surface area (Å²) in [4.78, 5) is 16.5. The van der Waals surface area contributed by atoms with Gasteiger partial charge < -0.3 is 11.2 Å². The highest BCUT2D eigenvalue weighted by atomic mass is 35.5. The lowest BCUT2D eigenvalue weighted by Crippen LogP contribution is -2.16. The van der Waals surface area contributed by atoms with E-state index in [0.29, 0.717) is 36.9 Å². The number of rotatable bonds is 5. The first-order valence-electron chi connectivity index (χ1n) is 7.95. The van der Waals surface area contributed by atoms with Gasteiger partial charge in [0, 0.05) is 5.56 Å². The molecule has 2 aromatic carbocycles. The summed E-state index contributed by atoms with van der Waals surface area (Å²) in [6.07, 6.45) is 0. The molecule has 0 saturated carbocycles. The van der Waals surface area contributed by atoms with Gasteiger partial charge in [-0.1, -0.05) is 46.8 Å². The Bertz CT molecular complexity index is 1180. The molecular weight excluding hydrogens is 423 g/mol. The topological polar surface area (TPSA) is 98.7 Å². The quantitative estimate of drug-likeness (QED) is 0.366. The third-order valence-corrected chi connectivity index (χ3v) is 5.91. The maximum atomic E-state index is 13.3. The molecule has 0 radical (unpaired) electrons. The minimum Gasteiger partial charge on any atom is -0.335 e. The van der Waals surface area contributed by atoms with Crippen LogP contribution in [0.2, 0.25) is 5.02 Å². The molecule has 4 rings (SSSR count). The monoisotopic (exact) mass is 434 g/mol. The fourth-order valence-electron chi connectivity index (χ4n) is 2.44. The normalized spacial score (nSPS) is 11.1. The highest BCUT2D eigenvalue weighted by molar-refractivity contribution is 7.99. The van der Waals surface area contributed by atoms with Crippen molar-refractivity contribution < 1.29 is 9.18 Å². The van der Waals surface area contributed by atoms with Crippen LogP contribution in [-0.2, 0) is 4.79 Å². The summed E-state index contributed by atoms with van der Waals surface area (Å²) in [5.41, 5.74) is 1.28. The predicted octanol–water partition coefficient (Wildman–Crippen LogP) is 3.79. The van der Waals surface area contributed by atoms with Gasteiger partial charge in [0.25, 0.3) is 0 Å². The van der Waals surface area contributed by atoms with Crippen molar-refractivity contribution in [3.8, 4) is 11.4 Å².